The van der Waals surface area contributed by atoms with E-state index >= 15 is 0 Å². The number of thioether (sulfide) groups is 1. The van der Waals surface area contributed by atoms with Crippen LogP contribution in [0.15, 0.2) is 115 Å². The lowest BCUT2D eigenvalue weighted by Crippen LogP contribution is -2.61. The molecule has 0 aromatic heterocycles. The van der Waals surface area contributed by atoms with E-state index in [0.29, 0.717) is 24.0 Å². The SMILES string of the molecule is CCS[C@@H]1O[C@H](COCc2ccccc2)[C@@H](OCc2ccccc2)[C@H](OCc2ccccc2)[C@H]1OC(=O)Oc1ccc(Cl)cc1. The van der Waals surface area contributed by atoms with Crippen LogP contribution >= 0.6 is 23.4 Å². The molecule has 0 bridgehead atoms. The lowest BCUT2D eigenvalue weighted by molar-refractivity contribution is -0.244. The van der Waals surface area contributed by atoms with Crippen LogP contribution in [0.5, 0.6) is 5.75 Å². The lowest BCUT2D eigenvalue weighted by atomic mass is 9.99. The summed E-state index contributed by atoms with van der Waals surface area (Å²) in [5.74, 6) is 1.03. The maximum absolute atomic E-state index is 13.2. The van der Waals surface area contributed by atoms with Crippen LogP contribution in [0.2, 0.25) is 5.02 Å². The second kappa shape index (κ2) is 17.4. The molecule has 0 unspecified atom stereocenters. The van der Waals surface area contributed by atoms with Crippen LogP contribution in [-0.2, 0) is 43.5 Å². The van der Waals surface area contributed by atoms with Crippen LogP contribution in [-0.4, -0.2) is 48.4 Å². The molecule has 0 radical (unpaired) electrons. The highest BCUT2D eigenvalue weighted by molar-refractivity contribution is 7.99. The summed E-state index contributed by atoms with van der Waals surface area (Å²) in [6, 6.07) is 36.2. The van der Waals surface area contributed by atoms with E-state index in [1.54, 1.807) is 24.3 Å². The molecule has 9 heteroatoms. The summed E-state index contributed by atoms with van der Waals surface area (Å²) in [7, 11) is 0. The minimum Gasteiger partial charge on any atom is -0.424 e. The van der Waals surface area contributed by atoms with Gasteiger partial charge in [0, 0.05) is 5.02 Å². The summed E-state index contributed by atoms with van der Waals surface area (Å²) >= 11 is 7.53. The van der Waals surface area contributed by atoms with Crippen LogP contribution in [0.3, 0.4) is 0 Å². The largest absolute Gasteiger partial charge is 0.514 e. The topological polar surface area (TPSA) is 72.5 Å². The minimum atomic E-state index is -0.874. The average molecular weight is 649 g/mol. The Kier molecular flexibility index (Phi) is 12.7. The van der Waals surface area contributed by atoms with Crippen molar-refractivity contribution in [3.05, 3.63) is 137 Å². The number of halogens is 1. The summed E-state index contributed by atoms with van der Waals surface area (Å²) in [6.45, 7) is 3.28. The zero-order valence-electron chi connectivity index (χ0n) is 25.0. The van der Waals surface area contributed by atoms with Crippen molar-refractivity contribution >= 4 is 29.5 Å². The predicted octanol–water partition coefficient (Wildman–Crippen LogP) is 8.09. The standard InChI is InChI=1S/C36H37ClO7S/c1-2-45-35-34(44-36(38)42-30-20-18-29(37)19-21-30)33(41-24-28-16-10-5-11-17-28)32(40-23-27-14-8-4-9-15-27)31(43-35)25-39-22-26-12-6-3-7-13-26/h3-21,31-35H,2,22-25H2,1H3/t31-,32-,33+,34-,35+/m1/s1. The molecule has 1 aliphatic heterocycles. The van der Waals surface area contributed by atoms with Crippen molar-refractivity contribution in [2.75, 3.05) is 12.4 Å². The van der Waals surface area contributed by atoms with E-state index in [1.165, 1.54) is 11.8 Å². The summed E-state index contributed by atoms with van der Waals surface area (Å²) in [4.78, 5) is 13.2. The fourth-order valence-corrected chi connectivity index (χ4v) is 6.04. The van der Waals surface area contributed by atoms with Gasteiger partial charge in [-0.1, -0.05) is 110 Å². The van der Waals surface area contributed by atoms with E-state index in [9.17, 15) is 4.79 Å². The molecule has 7 nitrogen and oxygen atoms in total. The highest BCUT2D eigenvalue weighted by Gasteiger charge is 2.50. The van der Waals surface area contributed by atoms with Gasteiger partial charge in [-0.3, -0.25) is 0 Å². The third-order valence-electron chi connectivity index (χ3n) is 7.13. The van der Waals surface area contributed by atoms with Crippen LogP contribution in [0, 0.1) is 0 Å². The zero-order valence-corrected chi connectivity index (χ0v) is 26.6. The smallest absolute Gasteiger partial charge is 0.424 e. The van der Waals surface area contributed by atoms with E-state index < -0.39 is 36.0 Å². The molecule has 0 N–H and O–H groups in total. The van der Waals surface area contributed by atoms with E-state index in [4.69, 9.17) is 40.0 Å². The van der Waals surface area contributed by atoms with Crippen LogP contribution < -0.4 is 4.74 Å². The molecule has 1 aliphatic rings. The summed E-state index contributed by atoms with van der Waals surface area (Å²) in [5, 5.41) is 0.532. The Balaban J connectivity index is 1.41. The summed E-state index contributed by atoms with van der Waals surface area (Å²) in [6.07, 6.45) is -3.55. The normalized spacial score (nSPS) is 21.2. The average Bonchev–Trinajstić information content (AvgIpc) is 3.07. The number of carbonyl (C=O) groups is 1. The van der Waals surface area contributed by atoms with Crippen molar-refractivity contribution in [1.82, 2.24) is 0 Å². The second-order valence-corrected chi connectivity index (χ2v) is 12.2. The third kappa shape index (κ3) is 10.1. The maximum atomic E-state index is 13.2. The van der Waals surface area contributed by atoms with Gasteiger partial charge in [-0.15, -0.1) is 11.8 Å². The van der Waals surface area contributed by atoms with E-state index in [-0.39, 0.29) is 13.2 Å². The van der Waals surface area contributed by atoms with Crippen molar-refractivity contribution in [1.29, 1.82) is 0 Å². The first kappa shape index (κ1) is 33.0. The van der Waals surface area contributed by atoms with Crippen molar-refractivity contribution in [3.63, 3.8) is 0 Å². The Hall–Kier alpha value is -3.37. The van der Waals surface area contributed by atoms with Gasteiger partial charge in [-0.2, -0.15) is 0 Å². The molecular formula is C36H37ClO7S. The van der Waals surface area contributed by atoms with Gasteiger partial charge in [0.2, 0.25) is 0 Å². The van der Waals surface area contributed by atoms with Crippen molar-refractivity contribution in [3.8, 4) is 5.75 Å². The fraction of sp³-hybridized carbons (Fsp3) is 0.306. The third-order valence-corrected chi connectivity index (χ3v) is 8.43. The Morgan fingerprint density at radius 3 is 1.80 bits per heavy atom. The highest BCUT2D eigenvalue weighted by Crippen LogP contribution is 2.35. The monoisotopic (exact) mass is 648 g/mol. The molecule has 1 heterocycles. The molecule has 1 fully saturated rings. The van der Waals surface area contributed by atoms with Gasteiger partial charge in [-0.05, 0) is 46.7 Å². The maximum Gasteiger partial charge on any atom is 0.514 e. The van der Waals surface area contributed by atoms with Gasteiger partial charge < -0.3 is 28.4 Å². The number of rotatable bonds is 14. The highest BCUT2D eigenvalue weighted by atomic mass is 35.5. The van der Waals surface area contributed by atoms with Crippen molar-refractivity contribution < 1.29 is 33.2 Å². The Labute approximate surface area is 273 Å². The molecule has 0 saturated carbocycles. The fourth-order valence-electron chi connectivity index (χ4n) is 4.96. The second-order valence-electron chi connectivity index (χ2n) is 10.4. The van der Waals surface area contributed by atoms with Crippen LogP contribution in [0.4, 0.5) is 4.79 Å². The molecule has 4 aromatic carbocycles. The number of carbonyl (C=O) groups excluding carboxylic acids is 1. The molecule has 5 atom stereocenters. The quantitative estimate of drug-likeness (QED) is 0.100. The molecule has 4 aromatic rings. The number of ether oxygens (including phenoxy) is 6. The van der Waals surface area contributed by atoms with Crippen LogP contribution in [0.1, 0.15) is 23.6 Å². The van der Waals surface area contributed by atoms with Gasteiger partial charge in [0.15, 0.2) is 6.10 Å². The van der Waals surface area contributed by atoms with Crippen molar-refractivity contribution in [2.24, 2.45) is 0 Å². The van der Waals surface area contributed by atoms with Gasteiger partial charge in [0.25, 0.3) is 0 Å². The molecule has 1 saturated heterocycles. The first-order chi connectivity index (χ1) is 22.1. The molecule has 0 aliphatic carbocycles. The van der Waals surface area contributed by atoms with Crippen molar-refractivity contribution in [2.45, 2.75) is 56.6 Å². The predicted molar refractivity (Wildman–Crippen MR) is 175 cm³/mol. The molecule has 5 rings (SSSR count). The summed E-state index contributed by atoms with van der Waals surface area (Å²) in [5.41, 5.74) is 2.46. The van der Waals surface area contributed by atoms with Gasteiger partial charge in [-0.25, -0.2) is 4.79 Å². The first-order valence-corrected chi connectivity index (χ1v) is 16.4. The number of hydrogen-bond acceptors (Lipinski definition) is 8. The first-order valence-electron chi connectivity index (χ1n) is 14.9. The zero-order chi connectivity index (χ0) is 31.3. The molecular weight excluding hydrogens is 612 g/mol. The van der Waals surface area contributed by atoms with Gasteiger partial charge in [0.1, 0.15) is 29.5 Å². The van der Waals surface area contributed by atoms with E-state index in [0.717, 1.165) is 22.4 Å². The Morgan fingerprint density at radius 2 is 1.24 bits per heavy atom. The summed E-state index contributed by atoms with van der Waals surface area (Å²) < 4.78 is 37.5. The van der Waals surface area contributed by atoms with Gasteiger partial charge in [0.05, 0.1) is 26.4 Å². The molecule has 236 valence electrons. The number of hydrogen-bond donors (Lipinski definition) is 0. The lowest BCUT2D eigenvalue weighted by Gasteiger charge is -2.45. The molecule has 0 spiro atoms. The van der Waals surface area contributed by atoms with Gasteiger partial charge >= 0.3 is 6.16 Å². The number of benzene rings is 4. The Bertz CT molecular complexity index is 1430. The molecule has 0 amide bonds. The van der Waals surface area contributed by atoms with Crippen LogP contribution in [0.25, 0.3) is 0 Å². The molecule has 45 heavy (non-hydrogen) atoms. The van der Waals surface area contributed by atoms with E-state index in [2.05, 4.69) is 0 Å². The Morgan fingerprint density at radius 1 is 0.711 bits per heavy atom. The van der Waals surface area contributed by atoms with E-state index in [1.807, 2.05) is 97.9 Å². The minimum absolute atomic E-state index is 0.252.